The molecule has 0 amide bonds. The number of hydrogen-bond acceptors (Lipinski definition) is 4. The molecule has 19 heavy (non-hydrogen) atoms. The zero-order valence-electron chi connectivity index (χ0n) is 10.1. The number of aliphatic hydroxyl groups is 1. The average Bonchev–Trinajstić information content (AvgIpc) is 3.05. The first kappa shape index (κ1) is 13.1. The van der Waals surface area contributed by atoms with Crippen molar-refractivity contribution in [1.29, 1.82) is 0 Å². The number of aliphatic hydroxyl groups excluding tert-OH is 1. The Hall–Kier alpha value is -0.880. The lowest BCUT2D eigenvalue weighted by Gasteiger charge is -2.10. The number of rotatable bonds is 3. The van der Waals surface area contributed by atoms with Crippen LogP contribution in [0, 0.1) is 0 Å². The van der Waals surface area contributed by atoms with Crippen LogP contribution in [0.2, 0.25) is 0 Å². The predicted molar refractivity (Wildman–Crippen MR) is 84.5 cm³/mol. The Labute approximate surface area is 127 Å². The van der Waals surface area contributed by atoms with Gasteiger partial charge in [-0.1, -0.05) is 12.1 Å². The lowest BCUT2D eigenvalue weighted by atomic mass is 10.1. The van der Waals surface area contributed by atoms with Crippen molar-refractivity contribution in [3.63, 3.8) is 0 Å². The van der Waals surface area contributed by atoms with E-state index in [1.165, 1.54) is 11.3 Å². The van der Waals surface area contributed by atoms with Crippen LogP contribution in [0.1, 0.15) is 16.5 Å². The Morgan fingerprint density at radius 3 is 2.89 bits per heavy atom. The van der Waals surface area contributed by atoms with Gasteiger partial charge in [-0.05, 0) is 44.2 Å². The number of ether oxygens (including phenoxy) is 1. The van der Waals surface area contributed by atoms with Gasteiger partial charge in [0.1, 0.15) is 11.9 Å². The highest BCUT2D eigenvalue weighted by molar-refractivity contribution is 9.10. The fourth-order valence-corrected chi connectivity index (χ4v) is 4.57. The average molecular weight is 355 g/mol. The van der Waals surface area contributed by atoms with Crippen LogP contribution in [0.15, 0.2) is 39.5 Å². The second-order valence-electron chi connectivity index (χ2n) is 4.06. The lowest BCUT2D eigenvalue weighted by Crippen LogP contribution is -1.98. The third-order valence-electron chi connectivity index (χ3n) is 3.00. The van der Waals surface area contributed by atoms with E-state index in [1.54, 1.807) is 18.4 Å². The highest BCUT2D eigenvalue weighted by atomic mass is 79.9. The molecule has 0 bridgehead atoms. The van der Waals surface area contributed by atoms with E-state index in [1.807, 2.05) is 35.0 Å². The van der Waals surface area contributed by atoms with Gasteiger partial charge >= 0.3 is 0 Å². The van der Waals surface area contributed by atoms with Gasteiger partial charge in [0.2, 0.25) is 0 Å². The zero-order chi connectivity index (χ0) is 13.4. The van der Waals surface area contributed by atoms with Crippen LogP contribution >= 0.6 is 38.6 Å². The van der Waals surface area contributed by atoms with E-state index >= 15 is 0 Å². The molecule has 1 N–H and O–H groups in total. The van der Waals surface area contributed by atoms with Gasteiger partial charge in [0.25, 0.3) is 0 Å². The van der Waals surface area contributed by atoms with Crippen LogP contribution in [-0.4, -0.2) is 12.2 Å². The first-order valence-electron chi connectivity index (χ1n) is 5.67. The minimum Gasteiger partial charge on any atom is -0.495 e. The first-order valence-corrected chi connectivity index (χ1v) is 8.22. The minimum atomic E-state index is -0.641. The molecule has 0 fully saturated rings. The molecule has 2 aromatic heterocycles. The molecule has 0 aliphatic heterocycles. The van der Waals surface area contributed by atoms with Gasteiger partial charge in [-0.25, -0.2) is 0 Å². The molecule has 0 radical (unpaired) electrons. The summed E-state index contributed by atoms with van der Waals surface area (Å²) < 4.78 is 7.51. The third kappa shape index (κ3) is 2.21. The van der Waals surface area contributed by atoms with Crippen molar-refractivity contribution in [1.82, 2.24) is 0 Å². The summed E-state index contributed by atoms with van der Waals surface area (Å²) in [5, 5.41) is 15.6. The molecule has 0 spiro atoms. The fraction of sp³-hybridized carbons (Fsp3) is 0.143. The number of thiophene rings is 2. The van der Waals surface area contributed by atoms with Crippen molar-refractivity contribution in [3.05, 3.63) is 49.9 Å². The summed E-state index contributed by atoms with van der Waals surface area (Å²) in [7, 11) is 1.63. The molecule has 2 nitrogen and oxygen atoms in total. The maximum absolute atomic E-state index is 10.6. The number of fused-ring (bicyclic) bond motifs is 1. The molecule has 3 aromatic rings. The Morgan fingerprint density at radius 1 is 1.26 bits per heavy atom. The minimum absolute atomic E-state index is 0.641. The summed E-state index contributed by atoms with van der Waals surface area (Å²) in [6.45, 7) is 0. The van der Waals surface area contributed by atoms with Crippen LogP contribution in [0.4, 0.5) is 0 Å². The van der Waals surface area contributed by atoms with Gasteiger partial charge in [-0.15, -0.1) is 22.7 Å². The normalized spacial score (nSPS) is 12.8. The molecule has 0 saturated carbocycles. The van der Waals surface area contributed by atoms with E-state index in [9.17, 15) is 5.11 Å². The summed E-state index contributed by atoms with van der Waals surface area (Å²) in [5.74, 6) is 0.742. The lowest BCUT2D eigenvalue weighted by molar-refractivity contribution is 0.221. The van der Waals surface area contributed by atoms with Crippen molar-refractivity contribution in [2.75, 3.05) is 7.11 Å². The van der Waals surface area contributed by atoms with Crippen LogP contribution < -0.4 is 4.74 Å². The van der Waals surface area contributed by atoms with Crippen molar-refractivity contribution in [2.24, 2.45) is 0 Å². The molecule has 2 heterocycles. The molecule has 0 aliphatic rings. The Bertz CT molecular complexity index is 717. The summed E-state index contributed by atoms with van der Waals surface area (Å²) in [6.07, 6.45) is -0.641. The summed E-state index contributed by atoms with van der Waals surface area (Å²) in [5.41, 5.74) is 0.932. The molecule has 0 saturated heterocycles. The first-order chi connectivity index (χ1) is 9.22. The Morgan fingerprint density at radius 2 is 2.11 bits per heavy atom. The zero-order valence-corrected chi connectivity index (χ0v) is 13.3. The van der Waals surface area contributed by atoms with Crippen molar-refractivity contribution < 1.29 is 9.84 Å². The molecule has 1 atom stereocenters. The summed E-state index contributed by atoms with van der Waals surface area (Å²) in [6, 6.07) is 7.92. The fourth-order valence-electron chi connectivity index (χ4n) is 2.07. The monoisotopic (exact) mass is 354 g/mol. The largest absolute Gasteiger partial charge is 0.495 e. The van der Waals surface area contributed by atoms with Crippen LogP contribution in [0.3, 0.4) is 0 Å². The SMILES string of the molecule is COc1ccsc1C(O)c1csc2c(Br)cccc12. The molecule has 1 unspecified atom stereocenters. The van der Waals surface area contributed by atoms with Gasteiger partial charge in [0, 0.05) is 14.7 Å². The second kappa shape index (κ2) is 5.25. The molecule has 98 valence electrons. The van der Waals surface area contributed by atoms with Gasteiger partial charge < -0.3 is 9.84 Å². The maximum atomic E-state index is 10.6. The molecule has 3 rings (SSSR count). The van der Waals surface area contributed by atoms with Crippen molar-refractivity contribution >= 4 is 48.7 Å². The number of benzene rings is 1. The maximum Gasteiger partial charge on any atom is 0.135 e. The van der Waals surface area contributed by atoms with E-state index < -0.39 is 6.10 Å². The van der Waals surface area contributed by atoms with Crippen LogP contribution in [0.25, 0.3) is 10.1 Å². The Balaban J connectivity index is 2.12. The third-order valence-corrected chi connectivity index (χ3v) is 5.92. The topological polar surface area (TPSA) is 29.5 Å². The standard InChI is InChI=1S/C14H11BrO2S2/c1-17-11-5-6-18-14(11)12(16)9-7-19-13-8(9)3-2-4-10(13)15/h2-7,12,16H,1H3. The highest BCUT2D eigenvalue weighted by Gasteiger charge is 2.20. The molecule has 5 heteroatoms. The van der Waals surface area contributed by atoms with Gasteiger partial charge in [0.15, 0.2) is 0 Å². The van der Waals surface area contributed by atoms with E-state index in [0.29, 0.717) is 0 Å². The molecule has 1 aromatic carbocycles. The molecule has 0 aliphatic carbocycles. The van der Waals surface area contributed by atoms with Gasteiger partial charge in [0.05, 0.1) is 12.0 Å². The van der Waals surface area contributed by atoms with E-state index in [4.69, 9.17) is 4.74 Å². The molecular weight excluding hydrogens is 344 g/mol. The predicted octanol–water partition coefficient (Wildman–Crippen LogP) is 4.82. The smallest absolute Gasteiger partial charge is 0.135 e. The highest BCUT2D eigenvalue weighted by Crippen LogP contribution is 2.41. The number of halogens is 1. The van der Waals surface area contributed by atoms with Crippen LogP contribution in [-0.2, 0) is 0 Å². The van der Waals surface area contributed by atoms with E-state index in [-0.39, 0.29) is 0 Å². The number of hydrogen-bond donors (Lipinski definition) is 1. The molecular formula is C14H11BrO2S2. The van der Waals surface area contributed by atoms with E-state index in [0.717, 1.165) is 30.7 Å². The second-order valence-corrected chi connectivity index (χ2v) is 6.75. The van der Waals surface area contributed by atoms with Gasteiger partial charge in [-0.2, -0.15) is 0 Å². The Kier molecular flexibility index (Phi) is 3.62. The summed E-state index contributed by atoms with van der Waals surface area (Å²) >= 11 is 6.69. The van der Waals surface area contributed by atoms with Gasteiger partial charge in [-0.3, -0.25) is 0 Å². The quantitative estimate of drug-likeness (QED) is 0.730. The van der Waals surface area contributed by atoms with Crippen molar-refractivity contribution in [2.45, 2.75) is 6.10 Å². The number of methoxy groups -OCH3 is 1. The van der Waals surface area contributed by atoms with E-state index in [2.05, 4.69) is 15.9 Å². The summed E-state index contributed by atoms with van der Waals surface area (Å²) in [4.78, 5) is 0.849. The van der Waals surface area contributed by atoms with Crippen LogP contribution in [0.5, 0.6) is 5.75 Å². The van der Waals surface area contributed by atoms with Crippen molar-refractivity contribution in [3.8, 4) is 5.75 Å².